The molecule has 0 aromatic heterocycles. The van der Waals surface area contributed by atoms with Crippen LogP contribution in [0, 0.1) is 11.3 Å². The molecule has 2 atom stereocenters. The van der Waals surface area contributed by atoms with Crippen LogP contribution in [-0.2, 0) is 0 Å². The zero-order valence-corrected chi connectivity index (χ0v) is 6.96. The van der Waals surface area contributed by atoms with Gasteiger partial charge in [0.15, 0.2) is 0 Å². The van der Waals surface area contributed by atoms with Gasteiger partial charge in [-0.1, -0.05) is 32.9 Å². The predicted octanol–water partition coefficient (Wildman–Crippen LogP) is 1.97. The van der Waals surface area contributed by atoms with Crippen LogP contribution in [0.1, 0.15) is 27.2 Å². The monoisotopic (exact) mass is 140 g/mol. The van der Waals surface area contributed by atoms with E-state index in [0.29, 0.717) is 5.92 Å². The van der Waals surface area contributed by atoms with Crippen molar-refractivity contribution in [3.05, 3.63) is 12.2 Å². The van der Waals surface area contributed by atoms with E-state index in [-0.39, 0.29) is 11.5 Å². The van der Waals surface area contributed by atoms with Gasteiger partial charge >= 0.3 is 0 Å². The van der Waals surface area contributed by atoms with Gasteiger partial charge in [0.05, 0.1) is 6.10 Å². The van der Waals surface area contributed by atoms with Crippen molar-refractivity contribution in [3.63, 3.8) is 0 Å². The van der Waals surface area contributed by atoms with E-state index in [1.165, 1.54) is 0 Å². The lowest BCUT2D eigenvalue weighted by Gasteiger charge is -2.37. The van der Waals surface area contributed by atoms with Crippen molar-refractivity contribution in [1.82, 2.24) is 0 Å². The zero-order chi connectivity index (χ0) is 7.78. The Bertz CT molecular complexity index is 147. The molecule has 0 heterocycles. The topological polar surface area (TPSA) is 20.2 Å². The van der Waals surface area contributed by atoms with E-state index in [9.17, 15) is 5.11 Å². The smallest absolute Gasteiger partial charge is 0.0774 e. The molecule has 0 amide bonds. The SMILES string of the molecule is C[C@H]1CC=C[C@H](O)C1(C)C. The van der Waals surface area contributed by atoms with E-state index in [1.807, 2.05) is 6.08 Å². The molecule has 0 aliphatic heterocycles. The van der Waals surface area contributed by atoms with Crippen molar-refractivity contribution in [1.29, 1.82) is 0 Å². The first-order valence-electron chi connectivity index (χ1n) is 3.90. The van der Waals surface area contributed by atoms with Crippen LogP contribution in [0.4, 0.5) is 0 Å². The summed E-state index contributed by atoms with van der Waals surface area (Å²) >= 11 is 0. The average molecular weight is 140 g/mol. The third kappa shape index (κ3) is 1.10. The van der Waals surface area contributed by atoms with Crippen LogP contribution in [0.2, 0.25) is 0 Å². The largest absolute Gasteiger partial charge is 0.388 e. The Morgan fingerprint density at radius 1 is 1.50 bits per heavy atom. The van der Waals surface area contributed by atoms with Crippen LogP contribution in [0.5, 0.6) is 0 Å². The molecule has 10 heavy (non-hydrogen) atoms. The molecule has 0 fully saturated rings. The van der Waals surface area contributed by atoms with Crippen LogP contribution in [-0.4, -0.2) is 11.2 Å². The predicted molar refractivity (Wildman–Crippen MR) is 42.7 cm³/mol. The molecule has 58 valence electrons. The van der Waals surface area contributed by atoms with Gasteiger partial charge in [0.1, 0.15) is 0 Å². The molecule has 1 heteroatoms. The summed E-state index contributed by atoms with van der Waals surface area (Å²) in [5.41, 5.74) is 0.0642. The molecular weight excluding hydrogens is 124 g/mol. The fourth-order valence-electron chi connectivity index (χ4n) is 1.25. The number of allylic oxidation sites excluding steroid dienone is 1. The zero-order valence-electron chi connectivity index (χ0n) is 6.96. The molecule has 0 saturated carbocycles. The lowest BCUT2D eigenvalue weighted by atomic mass is 9.71. The minimum Gasteiger partial charge on any atom is -0.388 e. The second kappa shape index (κ2) is 2.39. The van der Waals surface area contributed by atoms with E-state index in [4.69, 9.17) is 0 Å². The Hall–Kier alpha value is -0.300. The second-order valence-corrected chi connectivity index (χ2v) is 3.83. The van der Waals surface area contributed by atoms with Gasteiger partial charge in [-0.2, -0.15) is 0 Å². The normalized spacial score (nSPS) is 38.0. The number of rotatable bonds is 0. The van der Waals surface area contributed by atoms with Gasteiger partial charge in [-0.15, -0.1) is 0 Å². The van der Waals surface area contributed by atoms with Crippen molar-refractivity contribution in [3.8, 4) is 0 Å². The van der Waals surface area contributed by atoms with Crippen LogP contribution < -0.4 is 0 Å². The lowest BCUT2D eigenvalue weighted by molar-refractivity contribution is 0.0393. The molecule has 1 aliphatic carbocycles. The van der Waals surface area contributed by atoms with Crippen LogP contribution in [0.3, 0.4) is 0 Å². The average Bonchev–Trinajstić information content (AvgIpc) is 1.84. The highest BCUT2D eigenvalue weighted by atomic mass is 16.3. The molecule has 1 aliphatic rings. The van der Waals surface area contributed by atoms with Gasteiger partial charge < -0.3 is 5.11 Å². The van der Waals surface area contributed by atoms with Gasteiger partial charge in [-0.05, 0) is 17.8 Å². The van der Waals surface area contributed by atoms with Crippen LogP contribution >= 0.6 is 0 Å². The van der Waals surface area contributed by atoms with Crippen molar-refractivity contribution in [2.45, 2.75) is 33.3 Å². The van der Waals surface area contributed by atoms with Crippen molar-refractivity contribution >= 4 is 0 Å². The highest BCUT2D eigenvalue weighted by Gasteiger charge is 2.33. The molecule has 0 radical (unpaired) electrons. The highest BCUT2D eigenvalue weighted by Crippen LogP contribution is 2.36. The maximum atomic E-state index is 9.52. The van der Waals surface area contributed by atoms with Gasteiger partial charge in [0.2, 0.25) is 0 Å². The highest BCUT2D eigenvalue weighted by molar-refractivity contribution is 5.04. The first-order chi connectivity index (χ1) is 4.55. The quantitative estimate of drug-likeness (QED) is 0.510. The fraction of sp³-hybridized carbons (Fsp3) is 0.778. The molecule has 1 rings (SSSR count). The number of aliphatic hydroxyl groups excluding tert-OH is 1. The van der Waals surface area contributed by atoms with Crippen molar-refractivity contribution in [2.75, 3.05) is 0 Å². The van der Waals surface area contributed by atoms with Crippen LogP contribution in [0.15, 0.2) is 12.2 Å². The third-order valence-corrected chi connectivity index (χ3v) is 2.84. The molecular formula is C9H16O. The minimum atomic E-state index is -0.253. The Morgan fingerprint density at radius 2 is 2.10 bits per heavy atom. The van der Waals surface area contributed by atoms with E-state index < -0.39 is 0 Å². The first kappa shape index (κ1) is 7.80. The maximum absolute atomic E-state index is 9.52. The first-order valence-corrected chi connectivity index (χ1v) is 3.90. The summed E-state index contributed by atoms with van der Waals surface area (Å²) in [6, 6.07) is 0. The van der Waals surface area contributed by atoms with Gasteiger partial charge in [0, 0.05) is 0 Å². The van der Waals surface area contributed by atoms with E-state index in [0.717, 1.165) is 6.42 Å². The Balaban J connectivity index is 2.78. The molecule has 0 spiro atoms. The summed E-state index contributed by atoms with van der Waals surface area (Å²) in [7, 11) is 0. The Labute approximate surface area is 62.8 Å². The van der Waals surface area contributed by atoms with E-state index in [2.05, 4.69) is 26.8 Å². The summed E-state index contributed by atoms with van der Waals surface area (Å²) in [4.78, 5) is 0. The van der Waals surface area contributed by atoms with Crippen LogP contribution in [0.25, 0.3) is 0 Å². The molecule has 0 aromatic rings. The molecule has 1 nitrogen and oxygen atoms in total. The Morgan fingerprint density at radius 3 is 2.50 bits per heavy atom. The summed E-state index contributed by atoms with van der Waals surface area (Å²) in [5, 5.41) is 9.52. The summed E-state index contributed by atoms with van der Waals surface area (Å²) in [6.45, 7) is 6.42. The van der Waals surface area contributed by atoms with Gasteiger partial charge in [-0.3, -0.25) is 0 Å². The molecule has 0 aromatic carbocycles. The standard InChI is InChI=1S/C9H16O/c1-7-5-4-6-8(10)9(7,2)3/h4,6-8,10H,5H2,1-3H3/t7-,8-/m0/s1. The lowest BCUT2D eigenvalue weighted by Crippen LogP contribution is -2.36. The number of hydrogen-bond acceptors (Lipinski definition) is 1. The fourth-order valence-corrected chi connectivity index (χ4v) is 1.25. The van der Waals surface area contributed by atoms with Gasteiger partial charge in [-0.25, -0.2) is 0 Å². The second-order valence-electron chi connectivity index (χ2n) is 3.83. The summed E-state index contributed by atoms with van der Waals surface area (Å²) in [6.07, 6.45) is 4.82. The summed E-state index contributed by atoms with van der Waals surface area (Å²) < 4.78 is 0. The minimum absolute atomic E-state index is 0.0642. The van der Waals surface area contributed by atoms with E-state index in [1.54, 1.807) is 0 Å². The van der Waals surface area contributed by atoms with Crippen molar-refractivity contribution in [2.24, 2.45) is 11.3 Å². The van der Waals surface area contributed by atoms with Crippen molar-refractivity contribution < 1.29 is 5.11 Å². The van der Waals surface area contributed by atoms with E-state index >= 15 is 0 Å². The molecule has 1 N–H and O–H groups in total. The van der Waals surface area contributed by atoms with Gasteiger partial charge in [0.25, 0.3) is 0 Å². The Kier molecular flexibility index (Phi) is 1.86. The summed E-state index contributed by atoms with van der Waals surface area (Å²) in [5.74, 6) is 0.590. The maximum Gasteiger partial charge on any atom is 0.0774 e. The molecule has 0 bridgehead atoms. The number of aliphatic hydroxyl groups is 1. The third-order valence-electron chi connectivity index (χ3n) is 2.84. The molecule has 0 saturated heterocycles. The molecule has 0 unspecified atom stereocenters. The number of hydrogen-bond donors (Lipinski definition) is 1.